The van der Waals surface area contributed by atoms with E-state index in [1.165, 1.54) is 6.07 Å². The molecule has 0 bridgehead atoms. The Balaban J connectivity index is 0.00000288. The molecule has 3 N–H and O–H groups in total. The van der Waals surface area contributed by atoms with Gasteiger partial charge in [0, 0.05) is 11.4 Å². The largest absolute Gasteiger partial charge is 0.325 e. The number of benzene rings is 1. The number of aryl methyl sites for hydroxylation is 2. The number of nitrogens with one attached hydrogen (secondary N) is 1. The van der Waals surface area contributed by atoms with Gasteiger partial charge >= 0.3 is 0 Å². The SMILES string of the molecule is Cc1cc(C)n(-c2ccc(NC(=O)[C@@H](N)CC(C)C)cc2F)n1.Cl. The van der Waals surface area contributed by atoms with Gasteiger partial charge in [-0.2, -0.15) is 5.10 Å². The zero-order valence-corrected chi connectivity index (χ0v) is 15.2. The van der Waals surface area contributed by atoms with Gasteiger partial charge in [-0.25, -0.2) is 9.07 Å². The summed E-state index contributed by atoms with van der Waals surface area (Å²) in [5.74, 6) is -0.440. The molecule has 0 radical (unpaired) electrons. The maximum absolute atomic E-state index is 14.3. The van der Waals surface area contributed by atoms with Crippen molar-refractivity contribution in [2.45, 2.75) is 40.2 Å². The van der Waals surface area contributed by atoms with Crippen molar-refractivity contribution in [3.63, 3.8) is 0 Å². The monoisotopic (exact) mass is 354 g/mol. The van der Waals surface area contributed by atoms with Crippen molar-refractivity contribution in [1.82, 2.24) is 9.78 Å². The molecule has 24 heavy (non-hydrogen) atoms. The van der Waals surface area contributed by atoms with Gasteiger partial charge in [0.25, 0.3) is 0 Å². The number of nitrogens with two attached hydrogens (primary N) is 1. The molecule has 2 rings (SSSR count). The third kappa shape index (κ3) is 4.79. The maximum atomic E-state index is 14.3. The van der Waals surface area contributed by atoms with Crippen LogP contribution in [-0.4, -0.2) is 21.7 Å². The summed E-state index contributed by atoms with van der Waals surface area (Å²) in [4.78, 5) is 12.0. The van der Waals surface area contributed by atoms with Gasteiger partial charge in [0.2, 0.25) is 5.91 Å². The Bertz CT molecular complexity index is 715. The Morgan fingerprint density at radius 3 is 2.50 bits per heavy atom. The maximum Gasteiger partial charge on any atom is 0.241 e. The van der Waals surface area contributed by atoms with Crippen molar-refractivity contribution in [1.29, 1.82) is 0 Å². The summed E-state index contributed by atoms with van der Waals surface area (Å²) in [6.07, 6.45) is 0.582. The molecule has 1 atom stereocenters. The lowest BCUT2D eigenvalue weighted by Gasteiger charge is -2.15. The average Bonchev–Trinajstić information content (AvgIpc) is 2.77. The van der Waals surface area contributed by atoms with E-state index in [9.17, 15) is 9.18 Å². The van der Waals surface area contributed by atoms with Gasteiger partial charge in [0.1, 0.15) is 5.69 Å². The number of amides is 1. The van der Waals surface area contributed by atoms with Crippen LogP contribution in [0, 0.1) is 25.6 Å². The molecule has 0 saturated carbocycles. The molecule has 1 heterocycles. The topological polar surface area (TPSA) is 72.9 Å². The smallest absolute Gasteiger partial charge is 0.241 e. The number of carbonyl (C=O) groups is 1. The number of rotatable bonds is 5. The summed E-state index contributed by atoms with van der Waals surface area (Å²) in [7, 11) is 0. The van der Waals surface area contributed by atoms with Crippen molar-refractivity contribution in [3.8, 4) is 5.69 Å². The van der Waals surface area contributed by atoms with Crippen LogP contribution in [0.15, 0.2) is 24.3 Å². The van der Waals surface area contributed by atoms with Crippen LogP contribution in [0.3, 0.4) is 0 Å². The molecule has 0 aliphatic heterocycles. The zero-order valence-electron chi connectivity index (χ0n) is 14.3. The molecule has 2 aromatic rings. The Morgan fingerprint density at radius 1 is 1.33 bits per heavy atom. The number of aromatic nitrogens is 2. The van der Waals surface area contributed by atoms with Crippen LogP contribution < -0.4 is 11.1 Å². The van der Waals surface area contributed by atoms with Crippen molar-refractivity contribution < 1.29 is 9.18 Å². The minimum absolute atomic E-state index is 0. The van der Waals surface area contributed by atoms with Crippen LogP contribution in [0.5, 0.6) is 0 Å². The third-order valence-corrected chi connectivity index (χ3v) is 3.52. The normalized spacial score (nSPS) is 12.0. The molecule has 0 aliphatic carbocycles. The highest BCUT2D eigenvalue weighted by Gasteiger charge is 2.16. The van der Waals surface area contributed by atoms with E-state index in [2.05, 4.69) is 10.4 Å². The molecule has 0 unspecified atom stereocenters. The number of carbonyl (C=O) groups excluding carboxylic acids is 1. The second-order valence-corrected chi connectivity index (χ2v) is 6.23. The summed E-state index contributed by atoms with van der Waals surface area (Å²) >= 11 is 0. The van der Waals surface area contributed by atoms with Gasteiger partial charge < -0.3 is 11.1 Å². The number of hydrogen-bond donors (Lipinski definition) is 2. The summed E-state index contributed by atoms with van der Waals surface area (Å²) in [5.41, 5.74) is 8.22. The third-order valence-electron chi connectivity index (χ3n) is 3.52. The lowest BCUT2D eigenvalue weighted by Crippen LogP contribution is -2.36. The highest BCUT2D eigenvalue weighted by molar-refractivity contribution is 5.94. The first kappa shape index (κ1) is 20.1. The van der Waals surface area contributed by atoms with Crippen molar-refractivity contribution in [2.75, 3.05) is 5.32 Å². The Hall–Kier alpha value is -1.92. The van der Waals surface area contributed by atoms with E-state index < -0.39 is 11.9 Å². The number of halogens is 2. The minimum atomic E-state index is -0.603. The van der Waals surface area contributed by atoms with Crippen molar-refractivity contribution >= 4 is 24.0 Å². The number of nitrogens with zero attached hydrogens (tertiary/aromatic N) is 2. The van der Waals surface area contributed by atoms with Crippen LogP contribution in [0.2, 0.25) is 0 Å². The van der Waals surface area contributed by atoms with E-state index in [1.807, 2.05) is 33.8 Å². The fourth-order valence-electron chi connectivity index (χ4n) is 2.48. The highest BCUT2D eigenvalue weighted by Crippen LogP contribution is 2.20. The Kier molecular flexibility index (Phi) is 6.93. The van der Waals surface area contributed by atoms with Gasteiger partial charge in [-0.1, -0.05) is 13.8 Å². The Labute approximate surface area is 147 Å². The second kappa shape index (κ2) is 8.26. The molecule has 0 saturated heterocycles. The van der Waals surface area contributed by atoms with Gasteiger partial charge in [-0.05, 0) is 50.5 Å². The second-order valence-electron chi connectivity index (χ2n) is 6.23. The molecule has 0 fully saturated rings. The van der Waals surface area contributed by atoms with Gasteiger partial charge in [0.05, 0.1) is 11.7 Å². The number of anilines is 1. The number of hydrogen-bond acceptors (Lipinski definition) is 3. The van der Waals surface area contributed by atoms with Crippen LogP contribution in [0.25, 0.3) is 5.69 Å². The summed E-state index contributed by atoms with van der Waals surface area (Å²) in [6, 6.07) is 5.80. The van der Waals surface area contributed by atoms with Gasteiger partial charge in [-0.3, -0.25) is 4.79 Å². The van der Waals surface area contributed by atoms with Crippen LogP contribution in [0.1, 0.15) is 31.7 Å². The predicted molar refractivity (Wildman–Crippen MR) is 96.3 cm³/mol. The van der Waals surface area contributed by atoms with Crippen molar-refractivity contribution in [2.24, 2.45) is 11.7 Å². The molecule has 7 heteroatoms. The standard InChI is InChI=1S/C17H23FN4O.ClH/c1-10(2)7-15(19)17(23)20-13-5-6-16(14(18)9-13)22-12(4)8-11(3)21-22;/h5-6,8-10,15H,7,19H2,1-4H3,(H,20,23);1H/t15-;/m0./s1. The van der Waals surface area contributed by atoms with E-state index in [1.54, 1.807) is 16.8 Å². The van der Waals surface area contributed by atoms with E-state index in [0.717, 1.165) is 11.4 Å². The van der Waals surface area contributed by atoms with Crippen LogP contribution in [-0.2, 0) is 4.79 Å². The van der Waals surface area contributed by atoms with Gasteiger partial charge in [0.15, 0.2) is 5.82 Å². The highest BCUT2D eigenvalue weighted by atomic mass is 35.5. The molecule has 5 nitrogen and oxygen atoms in total. The zero-order chi connectivity index (χ0) is 17.1. The quantitative estimate of drug-likeness (QED) is 0.864. The van der Waals surface area contributed by atoms with Crippen LogP contribution in [0.4, 0.5) is 10.1 Å². The fraction of sp³-hybridized carbons (Fsp3) is 0.412. The van der Waals surface area contributed by atoms with E-state index in [-0.39, 0.29) is 18.3 Å². The fourth-order valence-corrected chi connectivity index (χ4v) is 2.48. The van der Waals surface area contributed by atoms with E-state index >= 15 is 0 Å². The van der Waals surface area contributed by atoms with Crippen LogP contribution >= 0.6 is 12.4 Å². The lowest BCUT2D eigenvalue weighted by molar-refractivity contribution is -0.117. The lowest BCUT2D eigenvalue weighted by atomic mass is 10.0. The molecule has 132 valence electrons. The van der Waals surface area contributed by atoms with Crippen molar-refractivity contribution in [3.05, 3.63) is 41.5 Å². The molecule has 0 spiro atoms. The van der Waals surface area contributed by atoms with Gasteiger partial charge in [-0.15, -0.1) is 12.4 Å². The first-order valence-electron chi connectivity index (χ1n) is 7.67. The summed E-state index contributed by atoms with van der Waals surface area (Å²) in [6.45, 7) is 7.71. The molecular formula is C17H24ClFN4O. The first-order valence-corrected chi connectivity index (χ1v) is 7.67. The molecule has 1 aromatic carbocycles. The first-order chi connectivity index (χ1) is 10.8. The predicted octanol–water partition coefficient (Wildman–Crippen LogP) is 3.36. The molecule has 0 aliphatic rings. The molecular weight excluding hydrogens is 331 g/mol. The Morgan fingerprint density at radius 2 is 2.00 bits per heavy atom. The average molecular weight is 355 g/mol. The molecule has 1 amide bonds. The van der Waals surface area contributed by atoms with E-state index in [0.29, 0.717) is 23.7 Å². The minimum Gasteiger partial charge on any atom is -0.325 e. The molecule has 1 aromatic heterocycles. The van der Waals surface area contributed by atoms with E-state index in [4.69, 9.17) is 5.73 Å². The summed E-state index contributed by atoms with van der Waals surface area (Å²) < 4.78 is 15.9. The summed E-state index contributed by atoms with van der Waals surface area (Å²) in [5, 5.41) is 6.91.